The van der Waals surface area contributed by atoms with Gasteiger partial charge in [-0.1, -0.05) is 0 Å². The summed E-state index contributed by atoms with van der Waals surface area (Å²) < 4.78 is 4.97. The van der Waals surface area contributed by atoms with Gasteiger partial charge < -0.3 is 10.1 Å². The monoisotopic (exact) mass is 213 g/mol. The van der Waals surface area contributed by atoms with E-state index in [1.165, 1.54) is 5.56 Å². The van der Waals surface area contributed by atoms with Gasteiger partial charge in [-0.2, -0.15) is 11.3 Å². The summed E-state index contributed by atoms with van der Waals surface area (Å²) in [5, 5.41) is 7.10. The molecule has 0 aromatic carbocycles. The SMILES string of the molecule is CC(C)OC(=O)CNCc1ccsc1. The highest BCUT2D eigenvalue weighted by Gasteiger charge is 2.04. The molecular formula is C10H15NO2S. The van der Waals surface area contributed by atoms with E-state index in [-0.39, 0.29) is 18.6 Å². The van der Waals surface area contributed by atoms with E-state index in [0.29, 0.717) is 0 Å². The maximum atomic E-state index is 11.1. The molecule has 0 radical (unpaired) electrons. The number of carbonyl (C=O) groups is 1. The van der Waals surface area contributed by atoms with Gasteiger partial charge in [0, 0.05) is 6.54 Å². The highest BCUT2D eigenvalue weighted by Crippen LogP contribution is 2.04. The zero-order chi connectivity index (χ0) is 10.4. The van der Waals surface area contributed by atoms with Crippen LogP contribution in [0.3, 0.4) is 0 Å². The summed E-state index contributed by atoms with van der Waals surface area (Å²) >= 11 is 1.65. The highest BCUT2D eigenvalue weighted by molar-refractivity contribution is 7.07. The van der Waals surface area contributed by atoms with Crippen molar-refractivity contribution >= 4 is 17.3 Å². The number of nitrogens with one attached hydrogen (secondary N) is 1. The normalized spacial score (nSPS) is 10.5. The molecule has 0 bridgehead atoms. The van der Waals surface area contributed by atoms with E-state index in [1.807, 2.05) is 25.3 Å². The van der Waals surface area contributed by atoms with E-state index in [4.69, 9.17) is 4.74 Å². The average Bonchev–Trinajstić information content (AvgIpc) is 2.55. The van der Waals surface area contributed by atoms with E-state index in [1.54, 1.807) is 11.3 Å². The fourth-order valence-corrected chi connectivity index (χ4v) is 1.68. The maximum Gasteiger partial charge on any atom is 0.320 e. The van der Waals surface area contributed by atoms with Crippen molar-refractivity contribution in [1.82, 2.24) is 5.32 Å². The topological polar surface area (TPSA) is 38.3 Å². The molecule has 3 nitrogen and oxygen atoms in total. The van der Waals surface area contributed by atoms with Crippen LogP contribution in [0.4, 0.5) is 0 Å². The number of hydrogen-bond acceptors (Lipinski definition) is 4. The van der Waals surface area contributed by atoms with Crippen molar-refractivity contribution in [3.05, 3.63) is 22.4 Å². The largest absolute Gasteiger partial charge is 0.462 e. The lowest BCUT2D eigenvalue weighted by atomic mass is 10.3. The fourth-order valence-electron chi connectivity index (χ4n) is 1.01. The van der Waals surface area contributed by atoms with Crippen molar-refractivity contribution in [3.8, 4) is 0 Å². The van der Waals surface area contributed by atoms with Crippen LogP contribution in [-0.2, 0) is 16.1 Å². The second-order valence-corrected chi connectivity index (χ2v) is 4.05. The summed E-state index contributed by atoms with van der Waals surface area (Å²) in [4.78, 5) is 11.1. The van der Waals surface area contributed by atoms with Gasteiger partial charge in [-0.25, -0.2) is 0 Å². The van der Waals surface area contributed by atoms with Crippen LogP contribution in [0.1, 0.15) is 19.4 Å². The Morgan fingerprint density at radius 2 is 2.43 bits per heavy atom. The molecule has 1 aromatic heterocycles. The minimum absolute atomic E-state index is 0.0366. The van der Waals surface area contributed by atoms with Crippen molar-refractivity contribution in [2.75, 3.05) is 6.54 Å². The minimum Gasteiger partial charge on any atom is -0.462 e. The maximum absolute atomic E-state index is 11.1. The summed E-state index contributed by atoms with van der Waals surface area (Å²) in [7, 11) is 0. The van der Waals surface area contributed by atoms with E-state index in [9.17, 15) is 4.79 Å². The van der Waals surface area contributed by atoms with Gasteiger partial charge in [0.25, 0.3) is 0 Å². The lowest BCUT2D eigenvalue weighted by molar-refractivity contribution is -0.146. The molecule has 78 valence electrons. The third-order valence-electron chi connectivity index (χ3n) is 1.55. The Labute approximate surface area is 88.1 Å². The Morgan fingerprint density at radius 1 is 1.64 bits per heavy atom. The van der Waals surface area contributed by atoms with Crippen LogP contribution in [0, 0.1) is 0 Å². The van der Waals surface area contributed by atoms with Crippen molar-refractivity contribution in [2.45, 2.75) is 26.5 Å². The first-order chi connectivity index (χ1) is 6.68. The molecule has 0 spiro atoms. The van der Waals surface area contributed by atoms with Crippen molar-refractivity contribution in [2.24, 2.45) is 0 Å². The van der Waals surface area contributed by atoms with Crippen molar-refractivity contribution < 1.29 is 9.53 Å². The second-order valence-electron chi connectivity index (χ2n) is 3.27. The van der Waals surface area contributed by atoms with Crippen LogP contribution in [0.5, 0.6) is 0 Å². The van der Waals surface area contributed by atoms with Gasteiger partial charge in [0.2, 0.25) is 0 Å². The first kappa shape index (κ1) is 11.2. The Kier molecular flexibility index (Phi) is 4.62. The Bertz CT molecular complexity index is 270. The number of thiophene rings is 1. The van der Waals surface area contributed by atoms with Crippen molar-refractivity contribution in [1.29, 1.82) is 0 Å². The van der Waals surface area contributed by atoms with E-state index in [0.717, 1.165) is 6.54 Å². The number of esters is 1. The molecule has 0 fully saturated rings. The van der Waals surface area contributed by atoms with Gasteiger partial charge in [0.15, 0.2) is 0 Å². The molecule has 0 aliphatic rings. The molecule has 1 heterocycles. The lowest BCUT2D eigenvalue weighted by Crippen LogP contribution is -2.26. The highest BCUT2D eigenvalue weighted by atomic mass is 32.1. The first-order valence-electron chi connectivity index (χ1n) is 4.59. The summed E-state index contributed by atoms with van der Waals surface area (Å²) in [6.07, 6.45) is -0.0366. The molecule has 0 unspecified atom stereocenters. The Hall–Kier alpha value is -0.870. The Balaban J connectivity index is 2.12. The van der Waals surface area contributed by atoms with Crippen LogP contribution in [0.25, 0.3) is 0 Å². The van der Waals surface area contributed by atoms with Crippen LogP contribution >= 0.6 is 11.3 Å². The molecule has 1 rings (SSSR count). The predicted octanol–water partition coefficient (Wildman–Crippen LogP) is 1.79. The van der Waals surface area contributed by atoms with Gasteiger partial charge in [0.05, 0.1) is 12.6 Å². The summed E-state index contributed by atoms with van der Waals surface area (Å²) in [6, 6.07) is 2.03. The average molecular weight is 213 g/mol. The number of rotatable bonds is 5. The Morgan fingerprint density at radius 3 is 3.00 bits per heavy atom. The number of carbonyl (C=O) groups excluding carboxylic acids is 1. The van der Waals surface area contributed by atoms with Crippen LogP contribution < -0.4 is 5.32 Å². The zero-order valence-corrected chi connectivity index (χ0v) is 9.26. The molecule has 14 heavy (non-hydrogen) atoms. The van der Waals surface area contributed by atoms with Crippen LogP contribution in [0.15, 0.2) is 16.8 Å². The lowest BCUT2D eigenvalue weighted by Gasteiger charge is -2.07. The molecule has 0 amide bonds. The molecule has 0 saturated heterocycles. The molecule has 1 aromatic rings. The van der Waals surface area contributed by atoms with Crippen molar-refractivity contribution in [3.63, 3.8) is 0 Å². The zero-order valence-electron chi connectivity index (χ0n) is 8.45. The fraction of sp³-hybridized carbons (Fsp3) is 0.500. The predicted molar refractivity (Wildman–Crippen MR) is 57.3 cm³/mol. The molecule has 4 heteroatoms. The summed E-state index contributed by atoms with van der Waals surface area (Å²) in [6.45, 7) is 4.68. The van der Waals surface area contributed by atoms with E-state index < -0.39 is 0 Å². The molecule has 0 aliphatic heterocycles. The van der Waals surface area contributed by atoms with E-state index >= 15 is 0 Å². The van der Waals surface area contributed by atoms with Gasteiger partial charge in [-0.05, 0) is 36.2 Å². The third-order valence-corrected chi connectivity index (χ3v) is 2.28. The van der Waals surface area contributed by atoms with Gasteiger partial charge in [-0.3, -0.25) is 4.79 Å². The molecule has 0 atom stereocenters. The van der Waals surface area contributed by atoms with Gasteiger partial charge >= 0.3 is 5.97 Å². The quantitative estimate of drug-likeness (QED) is 0.758. The molecule has 1 N–H and O–H groups in total. The molecular weight excluding hydrogens is 198 g/mol. The number of hydrogen-bond donors (Lipinski definition) is 1. The third kappa shape index (κ3) is 4.39. The van der Waals surface area contributed by atoms with Gasteiger partial charge in [-0.15, -0.1) is 0 Å². The van der Waals surface area contributed by atoms with Gasteiger partial charge in [0.1, 0.15) is 0 Å². The van der Waals surface area contributed by atoms with Crippen LogP contribution in [0.2, 0.25) is 0 Å². The first-order valence-corrected chi connectivity index (χ1v) is 5.54. The second kappa shape index (κ2) is 5.78. The number of ether oxygens (including phenoxy) is 1. The standard InChI is InChI=1S/C10H15NO2S/c1-8(2)13-10(12)6-11-5-9-3-4-14-7-9/h3-4,7-8,11H,5-6H2,1-2H3. The summed E-state index contributed by atoms with van der Waals surface area (Å²) in [5.41, 5.74) is 1.20. The summed E-state index contributed by atoms with van der Waals surface area (Å²) in [5.74, 6) is -0.199. The van der Waals surface area contributed by atoms with Crippen LogP contribution in [-0.4, -0.2) is 18.6 Å². The minimum atomic E-state index is -0.199. The van der Waals surface area contributed by atoms with E-state index in [2.05, 4.69) is 10.7 Å². The smallest absolute Gasteiger partial charge is 0.320 e. The molecule has 0 saturated carbocycles. The molecule has 0 aliphatic carbocycles.